The quantitative estimate of drug-likeness (QED) is 0.542. The topological polar surface area (TPSA) is 35.0 Å². The van der Waals surface area contributed by atoms with Gasteiger partial charge in [-0.15, -0.1) is 0 Å². The maximum Gasteiger partial charge on any atom is 0.232 e. The molecule has 5 heteroatoms. The van der Waals surface area contributed by atoms with Gasteiger partial charge in [-0.25, -0.2) is 4.98 Å². The molecule has 0 N–H and O–H groups in total. The molecule has 0 saturated heterocycles. The van der Waals surface area contributed by atoms with Crippen LogP contribution in [0.4, 0.5) is 0 Å². The van der Waals surface area contributed by atoms with Crippen LogP contribution in [0.15, 0.2) is 10.7 Å². The Kier molecular flexibility index (Phi) is 6.82. The fraction of sp³-hybridized carbons (Fsp3) is 0.667. The SMILES string of the molecule is CCCCCCC(C)Oc1nc(Cl)ncc1Br. The van der Waals surface area contributed by atoms with E-state index in [1.54, 1.807) is 6.20 Å². The van der Waals surface area contributed by atoms with Gasteiger partial charge in [0.1, 0.15) is 0 Å². The summed E-state index contributed by atoms with van der Waals surface area (Å²) in [5.41, 5.74) is 0. The lowest BCUT2D eigenvalue weighted by Gasteiger charge is -2.14. The van der Waals surface area contributed by atoms with Gasteiger partial charge in [-0.05, 0) is 47.3 Å². The minimum absolute atomic E-state index is 0.147. The van der Waals surface area contributed by atoms with E-state index in [0.29, 0.717) is 5.88 Å². The first-order valence-corrected chi connectivity index (χ1v) is 7.15. The van der Waals surface area contributed by atoms with Gasteiger partial charge in [-0.2, -0.15) is 4.98 Å². The summed E-state index contributed by atoms with van der Waals surface area (Å²) < 4.78 is 6.46. The third kappa shape index (κ3) is 5.68. The number of ether oxygens (including phenoxy) is 1. The van der Waals surface area contributed by atoms with Crippen LogP contribution in [0.3, 0.4) is 0 Å². The second-order valence-electron chi connectivity index (χ2n) is 4.07. The summed E-state index contributed by atoms with van der Waals surface area (Å²) in [6.07, 6.45) is 7.77. The minimum atomic E-state index is 0.147. The van der Waals surface area contributed by atoms with Crippen molar-refractivity contribution >= 4 is 27.5 Å². The molecule has 0 spiro atoms. The van der Waals surface area contributed by atoms with E-state index in [1.807, 2.05) is 6.92 Å². The molecular weight excluding hydrogens is 304 g/mol. The van der Waals surface area contributed by atoms with E-state index >= 15 is 0 Å². The summed E-state index contributed by atoms with van der Waals surface area (Å²) in [5, 5.41) is 0.210. The van der Waals surface area contributed by atoms with Crippen LogP contribution in [0.2, 0.25) is 5.28 Å². The van der Waals surface area contributed by atoms with Crippen molar-refractivity contribution in [3.63, 3.8) is 0 Å². The van der Waals surface area contributed by atoms with Crippen LogP contribution in [0.1, 0.15) is 46.0 Å². The molecule has 0 aliphatic carbocycles. The monoisotopic (exact) mass is 320 g/mol. The Morgan fingerprint density at radius 3 is 2.88 bits per heavy atom. The molecule has 0 aromatic carbocycles. The number of hydrogen-bond donors (Lipinski definition) is 0. The Bertz CT molecular complexity index is 349. The van der Waals surface area contributed by atoms with Crippen molar-refractivity contribution in [1.29, 1.82) is 0 Å². The molecular formula is C12H18BrClN2O. The minimum Gasteiger partial charge on any atom is -0.474 e. The molecule has 1 aromatic heterocycles. The number of nitrogens with zero attached hydrogens (tertiary/aromatic N) is 2. The normalized spacial score (nSPS) is 12.5. The van der Waals surface area contributed by atoms with Crippen LogP contribution in [0, 0.1) is 0 Å². The molecule has 1 atom stereocenters. The van der Waals surface area contributed by atoms with Gasteiger partial charge in [-0.3, -0.25) is 0 Å². The number of aromatic nitrogens is 2. The van der Waals surface area contributed by atoms with Gasteiger partial charge in [0.05, 0.1) is 10.6 Å². The van der Waals surface area contributed by atoms with Gasteiger partial charge in [0.15, 0.2) is 0 Å². The van der Waals surface area contributed by atoms with Crippen LogP contribution in [0.25, 0.3) is 0 Å². The highest BCUT2D eigenvalue weighted by atomic mass is 79.9. The van der Waals surface area contributed by atoms with Crippen molar-refractivity contribution in [1.82, 2.24) is 9.97 Å². The zero-order chi connectivity index (χ0) is 12.7. The Morgan fingerprint density at radius 1 is 1.41 bits per heavy atom. The average Bonchev–Trinajstić information content (AvgIpc) is 2.29. The van der Waals surface area contributed by atoms with Crippen molar-refractivity contribution in [2.45, 2.75) is 52.1 Å². The van der Waals surface area contributed by atoms with Gasteiger partial charge in [-0.1, -0.05) is 26.2 Å². The van der Waals surface area contributed by atoms with Crippen molar-refractivity contribution in [2.75, 3.05) is 0 Å². The lowest BCUT2D eigenvalue weighted by atomic mass is 10.1. The molecule has 0 amide bonds. The van der Waals surface area contributed by atoms with E-state index < -0.39 is 0 Å². The van der Waals surface area contributed by atoms with Gasteiger partial charge in [0.25, 0.3) is 0 Å². The van der Waals surface area contributed by atoms with Crippen LogP contribution >= 0.6 is 27.5 Å². The fourth-order valence-corrected chi connectivity index (χ4v) is 1.93. The Balaban J connectivity index is 2.39. The van der Waals surface area contributed by atoms with Crippen LogP contribution in [-0.2, 0) is 0 Å². The number of hydrogen-bond acceptors (Lipinski definition) is 3. The highest BCUT2D eigenvalue weighted by molar-refractivity contribution is 9.10. The number of unbranched alkanes of at least 4 members (excludes halogenated alkanes) is 3. The van der Waals surface area contributed by atoms with E-state index in [9.17, 15) is 0 Å². The first kappa shape index (κ1) is 14.7. The van der Waals surface area contributed by atoms with E-state index in [2.05, 4.69) is 32.8 Å². The maximum atomic E-state index is 5.72. The van der Waals surface area contributed by atoms with Crippen LogP contribution in [0.5, 0.6) is 5.88 Å². The van der Waals surface area contributed by atoms with Crippen molar-refractivity contribution in [2.24, 2.45) is 0 Å². The first-order chi connectivity index (χ1) is 8.13. The summed E-state index contributed by atoms with van der Waals surface area (Å²) in [6.45, 7) is 4.26. The van der Waals surface area contributed by atoms with Crippen molar-refractivity contribution in [3.05, 3.63) is 16.0 Å². The molecule has 1 aromatic rings. The summed E-state index contributed by atoms with van der Waals surface area (Å²) >= 11 is 9.07. The largest absolute Gasteiger partial charge is 0.474 e. The molecule has 0 aliphatic rings. The third-order valence-electron chi connectivity index (χ3n) is 2.46. The molecule has 0 fully saturated rings. The van der Waals surface area contributed by atoms with E-state index in [1.165, 1.54) is 25.7 Å². The van der Waals surface area contributed by atoms with Gasteiger partial charge in [0.2, 0.25) is 11.2 Å². The second-order valence-corrected chi connectivity index (χ2v) is 5.26. The fourth-order valence-electron chi connectivity index (χ4n) is 1.52. The predicted molar refractivity (Wildman–Crippen MR) is 73.6 cm³/mol. The Morgan fingerprint density at radius 2 is 2.18 bits per heavy atom. The molecule has 1 heterocycles. The van der Waals surface area contributed by atoms with Crippen LogP contribution < -0.4 is 4.74 Å². The molecule has 17 heavy (non-hydrogen) atoms. The highest BCUT2D eigenvalue weighted by Gasteiger charge is 2.09. The molecule has 1 rings (SSSR count). The number of halogens is 2. The third-order valence-corrected chi connectivity index (χ3v) is 3.19. The molecule has 96 valence electrons. The lowest BCUT2D eigenvalue weighted by Crippen LogP contribution is -2.13. The highest BCUT2D eigenvalue weighted by Crippen LogP contribution is 2.24. The summed E-state index contributed by atoms with van der Waals surface area (Å²) in [4.78, 5) is 7.90. The smallest absolute Gasteiger partial charge is 0.232 e. The van der Waals surface area contributed by atoms with Crippen molar-refractivity contribution < 1.29 is 4.74 Å². The molecule has 1 unspecified atom stereocenters. The Hall–Kier alpha value is -0.350. The van der Waals surface area contributed by atoms with Gasteiger partial charge in [0, 0.05) is 6.20 Å². The van der Waals surface area contributed by atoms with E-state index in [-0.39, 0.29) is 11.4 Å². The zero-order valence-corrected chi connectivity index (χ0v) is 12.6. The van der Waals surface area contributed by atoms with E-state index in [0.717, 1.165) is 10.9 Å². The zero-order valence-electron chi connectivity index (χ0n) is 10.2. The molecule has 0 bridgehead atoms. The summed E-state index contributed by atoms with van der Waals surface area (Å²) in [7, 11) is 0. The molecule has 0 saturated carbocycles. The molecule has 3 nitrogen and oxygen atoms in total. The van der Waals surface area contributed by atoms with Crippen LogP contribution in [-0.4, -0.2) is 16.1 Å². The summed E-state index contributed by atoms with van der Waals surface area (Å²) in [5.74, 6) is 0.521. The predicted octanol–water partition coefficient (Wildman–Crippen LogP) is 4.63. The lowest BCUT2D eigenvalue weighted by molar-refractivity contribution is 0.196. The molecule has 0 aliphatic heterocycles. The molecule has 0 radical (unpaired) electrons. The van der Waals surface area contributed by atoms with Gasteiger partial charge >= 0.3 is 0 Å². The maximum absolute atomic E-state index is 5.72. The van der Waals surface area contributed by atoms with Crippen molar-refractivity contribution in [3.8, 4) is 5.88 Å². The standard InChI is InChI=1S/C12H18BrClN2O/c1-3-4-5-6-7-9(2)17-11-10(13)8-15-12(14)16-11/h8-9H,3-7H2,1-2H3. The van der Waals surface area contributed by atoms with E-state index in [4.69, 9.17) is 16.3 Å². The average molecular weight is 322 g/mol. The van der Waals surface area contributed by atoms with Gasteiger partial charge < -0.3 is 4.74 Å². The second kappa shape index (κ2) is 7.88. The first-order valence-electron chi connectivity index (χ1n) is 5.98. The Labute approximate surface area is 116 Å². The summed E-state index contributed by atoms with van der Waals surface area (Å²) in [6, 6.07) is 0. The number of rotatable bonds is 7.